The molecule has 6 nitrogen and oxygen atoms in total. The molecule has 3 N–H and O–H groups in total. The molecule has 3 rings (SSSR count). The van der Waals surface area contributed by atoms with Crippen LogP contribution < -0.4 is 11.1 Å². The minimum Gasteiger partial charge on any atom is -0.444 e. The minimum absolute atomic E-state index is 0.114. The molecule has 130 valence electrons. The van der Waals surface area contributed by atoms with Gasteiger partial charge in [0.2, 0.25) is 0 Å². The van der Waals surface area contributed by atoms with Gasteiger partial charge >= 0.3 is 6.09 Å². The van der Waals surface area contributed by atoms with Crippen molar-refractivity contribution in [3.63, 3.8) is 0 Å². The fourth-order valence-electron chi connectivity index (χ4n) is 2.85. The van der Waals surface area contributed by atoms with Gasteiger partial charge in [-0.1, -0.05) is 22.0 Å². The number of allylic oxidation sites excluding steroid dienone is 3. The Labute approximate surface area is 150 Å². The van der Waals surface area contributed by atoms with Crippen LogP contribution in [0.5, 0.6) is 0 Å². The minimum atomic E-state index is -0.471. The number of dihydropyridines is 1. The van der Waals surface area contributed by atoms with E-state index >= 15 is 0 Å². The number of ether oxygens (including phenoxy) is 1. The highest BCUT2D eigenvalue weighted by molar-refractivity contribution is 9.11. The third-order valence-electron chi connectivity index (χ3n) is 4.04. The van der Waals surface area contributed by atoms with Gasteiger partial charge in [0.05, 0.1) is 23.5 Å². The van der Waals surface area contributed by atoms with E-state index in [4.69, 9.17) is 10.5 Å². The van der Waals surface area contributed by atoms with Crippen LogP contribution in [-0.4, -0.2) is 48.0 Å². The lowest BCUT2D eigenvalue weighted by Crippen LogP contribution is -2.60. The Hall–Kier alpha value is -1.76. The molecule has 1 atom stereocenters. The molecular weight excluding hydrogens is 372 g/mol. The molecule has 0 aromatic heterocycles. The van der Waals surface area contributed by atoms with Gasteiger partial charge < -0.3 is 20.7 Å². The van der Waals surface area contributed by atoms with Crippen molar-refractivity contribution in [3.05, 3.63) is 33.6 Å². The Bertz CT molecular complexity index is 667. The van der Waals surface area contributed by atoms with Crippen molar-refractivity contribution in [2.45, 2.75) is 44.9 Å². The number of aliphatic imine (C=N–C) groups is 1. The number of hydrogen-bond acceptors (Lipinski definition) is 5. The predicted molar refractivity (Wildman–Crippen MR) is 97.9 cm³/mol. The molecule has 0 bridgehead atoms. The number of nitrogens with one attached hydrogen (secondary N) is 1. The lowest BCUT2D eigenvalue weighted by molar-refractivity contribution is 0.00630. The van der Waals surface area contributed by atoms with E-state index in [1.54, 1.807) is 11.1 Å². The van der Waals surface area contributed by atoms with Crippen molar-refractivity contribution in [2.75, 3.05) is 13.1 Å². The van der Waals surface area contributed by atoms with E-state index in [0.29, 0.717) is 18.8 Å². The topological polar surface area (TPSA) is 80.0 Å². The van der Waals surface area contributed by atoms with E-state index in [1.807, 2.05) is 20.8 Å². The zero-order valence-electron chi connectivity index (χ0n) is 14.2. The third kappa shape index (κ3) is 3.66. The summed E-state index contributed by atoms with van der Waals surface area (Å²) in [5, 5.41) is 3.47. The molecular formula is C17H23BrN4O2. The summed E-state index contributed by atoms with van der Waals surface area (Å²) in [6.45, 7) is 6.83. The Balaban J connectivity index is 1.62. The van der Waals surface area contributed by atoms with Gasteiger partial charge in [-0.15, -0.1) is 0 Å². The number of carbonyl (C=O) groups is 1. The number of carbonyl (C=O) groups excluding carboxylic acids is 1. The molecule has 1 aliphatic carbocycles. The summed E-state index contributed by atoms with van der Waals surface area (Å²) in [6.07, 6.45) is 6.48. The smallest absolute Gasteiger partial charge is 0.410 e. The lowest BCUT2D eigenvalue weighted by atomic mass is 9.92. The summed E-state index contributed by atoms with van der Waals surface area (Å²) in [5.41, 5.74) is 8.31. The normalized spacial score (nSPS) is 24.0. The van der Waals surface area contributed by atoms with Gasteiger partial charge in [-0.05, 0) is 33.3 Å². The molecule has 1 unspecified atom stereocenters. The van der Waals surface area contributed by atoms with Gasteiger partial charge in [0.15, 0.2) is 0 Å². The number of rotatable bonds is 2. The molecule has 24 heavy (non-hydrogen) atoms. The molecule has 2 heterocycles. The molecule has 1 saturated heterocycles. The third-order valence-corrected chi connectivity index (χ3v) is 4.59. The van der Waals surface area contributed by atoms with Gasteiger partial charge in [-0.3, -0.25) is 4.99 Å². The number of amides is 1. The van der Waals surface area contributed by atoms with Crippen LogP contribution >= 0.6 is 15.9 Å². The SMILES string of the molecule is CC(C)(C)OC(=O)N1CC(NC2=C(N)C=NC3CC=C(Br)C=C23)C1. The maximum absolute atomic E-state index is 12.0. The van der Waals surface area contributed by atoms with Gasteiger partial charge in [0.1, 0.15) is 5.60 Å². The predicted octanol–water partition coefficient (Wildman–Crippen LogP) is 2.43. The maximum Gasteiger partial charge on any atom is 0.410 e. The number of fused-ring (bicyclic) bond motifs is 1. The van der Waals surface area contributed by atoms with Gasteiger partial charge in [0, 0.05) is 29.4 Å². The fraction of sp³-hybridized carbons (Fsp3) is 0.529. The van der Waals surface area contributed by atoms with Crippen LogP contribution in [0.2, 0.25) is 0 Å². The average Bonchev–Trinajstić information content (AvgIpc) is 2.42. The molecule has 0 aromatic rings. The number of nitrogens with two attached hydrogens (primary N) is 1. The quantitative estimate of drug-likeness (QED) is 0.753. The summed E-state index contributed by atoms with van der Waals surface area (Å²) >= 11 is 3.52. The van der Waals surface area contributed by atoms with Crippen molar-refractivity contribution in [1.29, 1.82) is 0 Å². The molecule has 1 fully saturated rings. The molecule has 0 aromatic carbocycles. The van der Waals surface area contributed by atoms with E-state index in [2.05, 4.69) is 38.4 Å². The maximum atomic E-state index is 12.0. The van der Waals surface area contributed by atoms with Gasteiger partial charge in [0.25, 0.3) is 0 Å². The Morgan fingerprint density at radius 1 is 1.46 bits per heavy atom. The van der Waals surface area contributed by atoms with E-state index in [0.717, 1.165) is 22.2 Å². The zero-order valence-corrected chi connectivity index (χ0v) is 15.8. The van der Waals surface area contributed by atoms with Crippen LogP contribution in [0.3, 0.4) is 0 Å². The number of hydrogen-bond donors (Lipinski definition) is 2. The first-order chi connectivity index (χ1) is 11.2. The van der Waals surface area contributed by atoms with Crippen molar-refractivity contribution >= 4 is 28.2 Å². The van der Waals surface area contributed by atoms with Crippen molar-refractivity contribution in [1.82, 2.24) is 10.2 Å². The second-order valence-electron chi connectivity index (χ2n) is 7.28. The first kappa shape index (κ1) is 17.1. The second kappa shape index (κ2) is 6.27. The van der Waals surface area contributed by atoms with E-state index < -0.39 is 5.60 Å². The average molecular weight is 395 g/mol. The Kier molecular flexibility index (Phi) is 4.46. The second-order valence-corrected chi connectivity index (χ2v) is 8.19. The largest absolute Gasteiger partial charge is 0.444 e. The summed E-state index contributed by atoms with van der Waals surface area (Å²) in [4.78, 5) is 18.2. The summed E-state index contributed by atoms with van der Waals surface area (Å²) in [5.74, 6) is 0. The number of likely N-dealkylation sites (tertiary alicyclic amines) is 1. The fourth-order valence-corrected chi connectivity index (χ4v) is 3.29. The summed E-state index contributed by atoms with van der Waals surface area (Å²) < 4.78 is 6.42. The molecule has 2 aliphatic heterocycles. The van der Waals surface area contributed by atoms with Crippen LogP contribution in [-0.2, 0) is 4.74 Å². The van der Waals surface area contributed by atoms with E-state index in [1.165, 1.54) is 0 Å². The molecule has 0 saturated carbocycles. The zero-order chi connectivity index (χ0) is 17.5. The molecule has 0 radical (unpaired) electrons. The number of halogens is 1. The lowest BCUT2D eigenvalue weighted by Gasteiger charge is -2.42. The first-order valence-corrected chi connectivity index (χ1v) is 8.87. The molecule has 1 amide bonds. The van der Waals surface area contributed by atoms with Crippen LogP contribution in [0.25, 0.3) is 0 Å². The van der Waals surface area contributed by atoms with Crippen molar-refractivity contribution in [2.24, 2.45) is 10.7 Å². The standard InChI is InChI=1S/C17H23BrN4O2/c1-17(2,3)24-16(23)22-8-11(9-22)21-15-12-6-10(18)4-5-14(12)20-7-13(15)19/h4,6-7,11,14,21H,5,8-9,19H2,1-3H3. The molecule has 0 spiro atoms. The van der Waals surface area contributed by atoms with Crippen LogP contribution in [0.1, 0.15) is 27.2 Å². The highest BCUT2D eigenvalue weighted by Crippen LogP contribution is 2.31. The van der Waals surface area contributed by atoms with Crippen LogP contribution in [0, 0.1) is 0 Å². The van der Waals surface area contributed by atoms with E-state index in [9.17, 15) is 4.79 Å². The van der Waals surface area contributed by atoms with Gasteiger partial charge in [-0.25, -0.2) is 4.79 Å². The van der Waals surface area contributed by atoms with Gasteiger partial charge in [-0.2, -0.15) is 0 Å². The summed E-state index contributed by atoms with van der Waals surface area (Å²) in [6, 6.07) is 0.284. The van der Waals surface area contributed by atoms with Crippen molar-refractivity contribution in [3.8, 4) is 0 Å². The highest BCUT2D eigenvalue weighted by atomic mass is 79.9. The first-order valence-electron chi connectivity index (χ1n) is 8.08. The number of nitrogens with zero attached hydrogens (tertiary/aromatic N) is 2. The van der Waals surface area contributed by atoms with Crippen LogP contribution in [0.15, 0.2) is 38.6 Å². The highest BCUT2D eigenvalue weighted by Gasteiger charge is 2.35. The van der Waals surface area contributed by atoms with E-state index in [-0.39, 0.29) is 18.2 Å². The van der Waals surface area contributed by atoms with Crippen LogP contribution in [0.4, 0.5) is 4.79 Å². The molecule has 3 aliphatic rings. The monoisotopic (exact) mass is 394 g/mol. The molecule has 7 heteroatoms. The Morgan fingerprint density at radius 2 is 2.17 bits per heavy atom. The summed E-state index contributed by atoms with van der Waals surface area (Å²) in [7, 11) is 0. The van der Waals surface area contributed by atoms with Crippen molar-refractivity contribution < 1.29 is 9.53 Å². The Morgan fingerprint density at radius 3 is 2.83 bits per heavy atom.